The number of hydrogen-bond acceptors (Lipinski definition) is 9. The molecule has 1 aliphatic carbocycles. The highest BCUT2D eigenvalue weighted by molar-refractivity contribution is 6.11. The highest BCUT2D eigenvalue weighted by atomic mass is 16.5. The van der Waals surface area contributed by atoms with E-state index in [0.29, 0.717) is 60.5 Å². The number of anilines is 2. The van der Waals surface area contributed by atoms with Crippen LogP contribution in [0.1, 0.15) is 64.9 Å². The zero-order valence-electron chi connectivity index (χ0n) is 30.3. The second kappa shape index (κ2) is 17.4. The van der Waals surface area contributed by atoms with E-state index >= 15 is 0 Å². The summed E-state index contributed by atoms with van der Waals surface area (Å²) < 4.78 is 23.4. The number of amides is 3. The number of nitrogens with zero attached hydrogens (tertiary/aromatic N) is 1. The molecule has 2 aliphatic rings. The van der Waals surface area contributed by atoms with Gasteiger partial charge in [-0.25, -0.2) is 0 Å². The van der Waals surface area contributed by atoms with Crippen LogP contribution in [0, 0.1) is 11.8 Å². The number of aliphatic hydroxyl groups is 1. The number of ether oxygens (including phenoxy) is 4. The van der Waals surface area contributed by atoms with E-state index in [-0.39, 0.29) is 24.9 Å². The Bertz CT molecular complexity index is 1740. The van der Waals surface area contributed by atoms with Crippen molar-refractivity contribution in [1.82, 2.24) is 4.90 Å². The van der Waals surface area contributed by atoms with Gasteiger partial charge in [0, 0.05) is 25.4 Å². The van der Waals surface area contributed by atoms with Crippen LogP contribution in [-0.2, 0) is 19.2 Å². The number of hydrogen-bond donors (Lipinski definition) is 3. The second-order valence-corrected chi connectivity index (χ2v) is 13.2. The summed E-state index contributed by atoms with van der Waals surface area (Å²) in [7, 11) is 0. The van der Waals surface area contributed by atoms with Gasteiger partial charge in [0.25, 0.3) is 5.91 Å². The number of carbonyl (C=O) groups is 4. The maximum absolute atomic E-state index is 14.4. The van der Waals surface area contributed by atoms with Gasteiger partial charge >= 0.3 is 0 Å². The highest BCUT2D eigenvalue weighted by Gasteiger charge is 2.56. The van der Waals surface area contributed by atoms with Crippen molar-refractivity contribution in [2.24, 2.45) is 11.8 Å². The van der Waals surface area contributed by atoms with Crippen molar-refractivity contribution in [2.45, 2.75) is 64.9 Å². The summed E-state index contributed by atoms with van der Waals surface area (Å²) >= 11 is 0. The van der Waals surface area contributed by atoms with Gasteiger partial charge < -0.3 is 39.6 Å². The molecule has 12 heteroatoms. The molecule has 4 atom stereocenters. The van der Waals surface area contributed by atoms with Gasteiger partial charge in [-0.3, -0.25) is 19.2 Å². The fourth-order valence-corrected chi connectivity index (χ4v) is 7.11. The van der Waals surface area contributed by atoms with Crippen molar-refractivity contribution in [1.29, 1.82) is 0 Å². The molecule has 52 heavy (non-hydrogen) atoms. The summed E-state index contributed by atoms with van der Waals surface area (Å²) in [6.07, 6.45) is 2.55. The van der Waals surface area contributed by atoms with E-state index in [9.17, 15) is 24.3 Å². The standard InChI is InChI=1S/C40H49N3O9/c1-5-49-30-17-11-9-15-27(30)41-38(46)36-29(44)24-40(4,48)37(39(47)42-28-16-10-12-18-31(28)50-6-2)35(36)26-19-20-32(33(23-26)51-7-3)52-25-34(45)43-21-13-8-14-22-43/h9-12,15-20,23,35-37,48H,5-8,13-14,21-22,24-25H2,1-4H3,(H,41,46)(H,42,47). The van der Waals surface area contributed by atoms with Crippen molar-refractivity contribution >= 4 is 34.9 Å². The van der Waals surface area contributed by atoms with Crippen LogP contribution in [0.3, 0.4) is 0 Å². The highest BCUT2D eigenvalue weighted by Crippen LogP contribution is 2.48. The van der Waals surface area contributed by atoms with E-state index in [1.54, 1.807) is 78.6 Å². The summed E-state index contributed by atoms with van der Waals surface area (Å²) in [5, 5.41) is 17.7. The van der Waals surface area contributed by atoms with E-state index in [0.717, 1.165) is 19.3 Å². The van der Waals surface area contributed by atoms with Crippen molar-refractivity contribution in [2.75, 3.05) is 50.2 Å². The van der Waals surface area contributed by atoms with Crippen LogP contribution in [0.15, 0.2) is 66.7 Å². The van der Waals surface area contributed by atoms with Gasteiger partial charge in [-0.1, -0.05) is 30.3 Å². The van der Waals surface area contributed by atoms with Crippen molar-refractivity contribution in [3.63, 3.8) is 0 Å². The Balaban J connectivity index is 1.55. The Morgan fingerprint density at radius 1 is 0.750 bits per heavy atom. The molecule has 12 nitrogen and oxygen atoms in total. The molecule has 0 radical (unpaired) electrons. The van der Waals surface area contributed by atoms with E-state index < -0.39 is 47.4 Å². The molecule has 1 saturated heterocycles. The zero-order chi connectivity index (χ0) is 37.3. The molecule has 3 aromatic carbocycles. The lowest BCUT2D eigenvalue weighted by molar-refractivity contribution is -0.151. The Morgan fingerprint density at radius 3 is 1.90 bits per heavy atom. The topological polar surface area (TPSA) is 153 Å². The lowest BCUT2D eigenvalue weighted by atomic mass is 9.61. The number of Topliss-reactive ketones (excluding diaryl/α,β-unsaturated/α-hetero) is 1. The van der Waals surface area contributed by atoms with E-state index in [1.807, 2.05) is 13.8 Å². The first-order chi connectivity index (χ1) is 25.1. The first-order valence-electron chi connectivity index (χ1n) is 18.1. The monoisotopic (exact) mass is 715 g/mol. The van der Waals surface area contributed by atoms with Crippen LogP contribution in [0.25, 0.3) is 0 Å². The van der Waals surface area contributed by atoms with Crippen molar-refractivity contribution in [3.05, 3.63) is 72.3 Å². The van der Waals surface area contributed by atoms with Gasteiger partial charge in [-0.05, 0) is 88.9 Å². The first kappa shape index (κ1) is 38.1. The molecule has 1 saturated carbocycles. The molecule has 3 aromatic rings. The van der Waals surface area contributed by atoms with Crippen molar-refractivity contribution in [3.8, 4) is 23.0 Å². The largest absolute Gasteiger partial charge is 0.492 e. The molecular formula is C40H49N3O9. The smallest absolute Gasteiger partial charge is 0.260 e. The third-order valence-electron chi connectivity index (χ3n) is 9.43. The van der Waals surface area contributed by atoms with Crippen LogP contribution in [0.4, 0.5) is 11.4 Å². The Morgan fingerprint density at radius 2 is 1.31 bits per heavy atom. The Labute approximate surface area is 304 Å². The third kappa shape index (κ3) is 8.85. The number of nitrogens with one attached hydrogen (secondary N) is 2. The summed E-state index contributed by atoms with van der Waals surface area (Å²) in [6.45, 7) is 9.01. The maximum Gasteiger partial charge on any atom is 0.260 e. The van der Waals surface area contributed by atoms with E-state index in [1.165, 1.54) is 6.92 Å². The maximum atomic E-state index is 14.4. The molecule has 3 N–H and O–H groups in total. The molecule has 0 bridgehead atoms. The molecule has 1 aliphatic heterocycles. The average molecular weight is 716 g/mol. The summed E-state index contributed by atoms with van der Waals surface area (Å²) in [5.74, 6) is -4.35. The van der Waals surface area contributed by atoms with Gasteiger partial charge in [-0.15, -0.1) is 0 Å². The molecule has 5 rings (SSSR count). The van der Waals surface area contributed by atoms with Crippen LogP contribution in [0.2, 0.25) is 0 Å². The zero-order valence-corrected chi connectivity index (χ0v) is 30.3. The average Bonchev–Trinajstić information content (AvgIpc) is 3.12. The minimum absolute atomic E-state index is 0.131. The van der Waals surface area contributed by atoms with E-state index in [4.69, 9.17) is 18.9 Å². The quantitative estimate of drug-likeness (QED) is 0.181. The number of piperidine rings is 1. The van der Waals surface area contributed by atoms with Crippen molar-refractivity contribution < 1.29 is 43.2 Å². The summed E-state index contributed by atoms with van der Waals surface area (Å²) in [6, 6.07) is 18.7. The van der Waals surface area contributed by atoms with E-state index in [2.05, 4.69) is 10.6 Å². The molecule has 278 valence electrons. The number of para-hydroxylation sites is 4. The predicted molar refractivity (Wildman–Crippen MR) is 196 cm³/mol. The van der Waals surface area contributed by atoms with Gasteiger partial charge in [0.1, 0.15) is 23.2 Å². The molecule has 0 aromatic heterocycles. The van der Waals surface area contributed by atoms with Crippen LogP contribution in [-0.4, -0.2) is 78.6 Å². The number of benzene rings is 3. The minimum Gasteiger partial charge on any atom is -0.492 e. The van der Waals surface area contributed by atoms with Crippen LogP contribution in [0.5, 0.6) is 23.0 Å². The molecule has 4 unspecified atom stereocenters. The number of rotatable bonds is 14. The first-order valence-corrected chi connectivity index (χ1v) is 18.1. The minimum atomic E-state index is -1.85. The lowest BCUT2D eigenvalue weighted by Gasteiger charge is -2.44. The third-order valence-corrected chi connectivity index (χ3v) is 9.43. The molecule has 0 spiro atoms. The second-order valence-electron chi connectivity index (χ2n) is 13.2. The normalized spacial score (nSPS) is 21.5. The van der Waals surface area contributed by atoms with Crippen LogP contribution < -0.4 is 29.6 Å². The number of carbonyl (C=O) groups excluding carboxylic acids is 4. The SMILES string of the molecule is CCOc1ccccc1NC(=O)C1C(=O)CC(C)(O)C(C(=O)Nc2ccccc2OCC)C1c1ccc(OCC(=O)N2CCCCC2)c(OCC)c1. The Kier molecular flexibility index (Phi) is 12.8. The van der Waals surface area contributed by atoms with Crippen LogP contribution >= 0.6 is 0 Å². The van der Waals surface area contributed by atoms with Gasteiger partial charge in [0.05, 0.1) is 42.7 Å². The Hall–Kier alpha value is -5.10. The molecule has 3 amide bonds. The fourth-order valence-electron chi connectivity index (χ4n) is 7.11. The molecule has 2 fully saturated rings. The lowest BCUT2D eigenvalue weighted by Crippen LogP contribution is -2.56. The molecule has 1 heterocycles. The predicted octanol–water partition coefficient (Wildman–Crippen LogP) is 5.59. The summed E-state index contributed by atoms with van der Waals surface area (Å²) in [5.41, 5.74) is -0.719. The molecular weight excluding hydrogens is 666 g/mol. The number of ketones is 1. The summed E-state index contributed by atoms with van der Waals surface area (Å²) in [4.78, 5) is 57.4. The van der Waals surface area contributed by atoms with Gasteiger partial charge in [-0.2, -0.15) is 0 Å². The van der Waals surface area contributed by atoms with Gasteiger partial charge in [0.2, 0.25) is 11.8 Å². The van der Waals surface area contributed by atoms with Gasteiger partial charge in [0.15, 0.2) is 18.1 Å². The fraction of sp³-hybridized carbons (Fsp3) is 0.450. The number of likely N-dealkylation sites (tertiary alicyclic amines) is 1.